The highest BCUT2D eigenvalue weighted by molar-refractivity contribution is 5.58. The second-order valence-electron chi connectivity index (χ2n) is 4.74. The van der Waals surface area contributed by atoms with Gasteiger partial charge in [-0.05, 0) is 47.0 Å². The Morgan fingerprint density at radius 2 is 1.69 bits per heavy atom. The highest BCUT2D eigenvalue weighted by Gasteiger charge is 2.09. The van der Waals surface area contributed by atoms with Gasteiger partial charge in [0.25, 0.3) is 0 Å². The average Bonchev–Trinajstić information content (AvgIpc) is 2.17. The zero-order valence-electron chi connectivity index (χ0n) is 11.0. The van der Waals surface area contributed by atoms with Gasteiger partial charge in [-0.2, -0.15) is 0 Å². The molecule has 1 atom stereocenters. The van der Waals surface area contributed by atoms with Crippen molar-refractivity contribution in [2.45, 2.75) is 47.0 Å². The van der Waals surface area contributed by atoms with Crippen LogP contribution in [0.3, 0.4) is 0 Å². The molecule has 0 fully saturated rings. The highest BCUT2D eigenvalue weighted by Crippen LogP contribution is 2.18. The molecule has 0 radical (unpaired) electrons. The Morgan fingerprint density at radius 1 is 1.12 bits per heavy atom. The van der Waals surface area contributed by atoms with Crippen LogP contribution in [-0.2, 0) is 4.79 Å². The van der Waals surface area contributed by atoms with E-state index in [9.17, 15) is 4.79 Å². The molecule has 1 nitrogen and oxygen atoms in total. The molecule has 0 spiro atoms. The molecule has 0 aliphatic heterocycles. The summed E-state index contributed by atoms with van der Waals surface area (Å²) in [5, 5.41) is 0. The van der Waals surface area contributed by atoms with Crippen LogP contribution in [-0.4, -0.2) is 6.29 Å². The number of carbonyl (C=O) groups is 1. The zero-order chi connectivity index (χ0) is 12.6. The van der Waals surface area contributed by atoms with Gasteiger partial charge in [-0.25, -0.2) is 0 Å². The van der Waals surface area contributed by atoms with E-state index < -0.39 is 0 Å². The second-order valence-corrected chi connectivity index (χ2v) is 4.74. The Morgan fingerprint density at radius 3 is 2.12 bits per heavy atom. The fourth-order valence-corrected chi connectivity index (χ4v) is 1.41. The topological polar surface area (TPSA) is 17.1 Å². The first-order valence-electron chi connectivity index (χ1n) is 5.87. The molecule has 90 valence electrons. The Kier molecular flexibility index (Phi) is 7.53. The monoisotopic (exact) mass is 220 g/mol. The summed E-state index contributed by atoms with van der Waals surface area (Å²) in [6.45, 7) is 12.3. The minimum atomic E-state index is -0.0135. The lowest BCUT2D eigenvalue weighted by molar-refractivity contribution is -0.110. The van der Waals surface area contributed by atoms with E-state index >= 15 is 0 Å². The van der Waals surface area contributed by atoms with E-state index in [2.05, 4.69) is 32.6 Å². The molecule has 0 N–H and O–H groups in total. The average molecular weight is 220 g/mol. The van der Waals surface area contributed by atoms with Crippen molar-refractivity contribution in [3.05, 3.63) is 35.5 Å². The molecule has 0 aliphatic rings. The molecule has 0 amide bonds. The summed E-state index contributed by atoms with van der Waals surface area (Å²) in [7, 11) is 0. The van der Waals surface area contributed by atoms with Crippen LogP contribution in [0.2, 0.25) is 0 Å². The normalized spacial score (nSPS) is 11.5. The van der Waals surface area contributed by atoms with Crippen molar-refractivity contribution < 1.29 is 4.79 Å². The number of aldehydes is 1. The predicted octanol–water partition coefficient (Wildman–Crippen LogP) is 4.46. The van der Waals surface area contributed by atoms with Gasteiger partial charge in [-0.15, -0.1) is 0 Å². The largest absolute Gasteiger partial charge is 0.303 e. The molecule has 0 bridgehead atoms. The summed E-state index contributed by atoms with van der Waals surface area (Å²) in [5.41, 5.74) is 3.62. The van der Waals surface area contributed by atoms with Crippen molar-refractivity contribution in [2.24, 2.45) is 5.92 Å². The summed E-state index contributed by atoms with van der Waals surface area (Å²) in [5.74, 6) is -0.0135. The number of allylic oxidation sites excluding steroid dienone is 5. The Hall–Kier alpha value is -1.11. The van der Waals surface area contributed by atoms with Crippen molar-refractivity contribution in [3.63, 3.8) is 0 Å². The van der Waals surface area contributed by atoms with Crippen molar-refractivity contribution in [1.82, 2.24) is 0 Å². The molecule has 0 aromatic carbocycles. The molecule has 1 unspecified atom stereocenters. The first-order valence-corrected chi connectivity index (χ1v) is 5.87. The van der Waals surface area contributed by atoms with Crippen molar-refractivity contribution in [2.75, 3.05) is 0 Å². The number of rotatable bonds is 7. The van der Waals surface area contributed by atoms with Crippen LogP contribution in [0.5, 0.6) is 0 Å². The van der Waals surface area contributed by atoms with Gasteiger partial charge in [-0.3, -0.25) is 0 Å². The first-order chi connectivity index (χ1) is 7.47. The lowest BCUT2D eigenvalue weighted by Crippen LogP contribution is -2.04. The molecule has 0 aliphatic carbocycles. The van der Waals surface area contributed by atoms with Crippen LogP contribution in [0.25, 0.3) is 0 Å². The third-order valence-electron chi connectivity index (χ3n) is 2.49. The summed E-state index contributed by atoms with van der Waals surface area (Å²) in [6, 6.07) is 0. The molecule has 0 aromatic heterocycles. The summed E-state index contributed by atoms with van der Waals surface area (Å²) < 4.78 is 0. The van der Waals surface area contributed by atoms with E-state index in [0.29, 0.717) is 0 Å². The third kappa shape index (κ3) is 7.22. The smallest absolute Gasteiger partial charge is 0.127 e. The molecule has 0 saturated carbocycles. The lowest BCUT2D eigenvalue weighted by Gasteiger charge is -2.11. The van der Waals surface area contributed by atoms with Crippen LogP contribution in [0.15, 0.2) is 35.5 Å². The molecule has 0 heterocycles. The van der Waals surface area contributed by atoms with Gasteiger partial charge in [0.1, 0.15) is 6.29 Å². The van der Waals surface area contributed by atoms with Gasteiger partial charge >= 0.3 is 0 Å². The van der Waals surface area contributed by atoms with Crippen molar-refractivity contribution in [3.8, 4) is 0 Å². The molecule has 1 heteroatoms. The van der Waals surface area contributed by atoms with Crippen LogP contribution in [0.1, 0.15) is 47.0 Å². The maximum Gasteiger partial charge on any atom is 0.127 e. The van der Waals surface area contributed by atoms with Gasteiger partial charge in [-0.1, -0.05) is 35.5 Å². The van der Waals surface area contributed by atoms with Crippen LogP contribution in [0.4, 0.5) is 0 Å². The summed E-state index contributed by atoms with van der Waals surface area (Å²) >= 11 is 0. The van der Waals surface area contributed by atoms with Crippen LogP contribution in [0, 0.1) is 5.92 Å². The fourth-order valence-electron chi connectivity index (χ4n) is 1.41. The van der Waals surface area contributed by atoms with E-state index in [0.717, 1.165) is 31.1 Å². The van der Waals surface area contributed by atoms with E-state index in [1.807, 2.05) is 13.8 Å². The first kappa shape index (κ1) is 14.9. The number of carbonyl (C=O) groups excluding carboxylic acids is 1. The minimum Gasteiger partial charge on any atom is -0.303 e. The van der Waals surface area contributed by atoms with Gasteiger partial charge in [0, 0.05) is 5.92 Å². The lowest BCUT2D eigenvalue weighted by atomic mass is 9.93. The maximum absolute atomic E-state index is 11.0. The molecule has 16 heavy (non-hydrogen) atoms. The molecule has 0 rings (SSSR count). The van der Waals surface area contributed by atoms with Crippen LogP contribution >= 0.6 is 0 Å². The third-order valence-corrected chi connectivity index (χ3v) is 2.49. The van der Waals surface area contributed by atoms with Gasteiger partial charge in [0.2, 0.25) is 0 Å². The predicted molar refractivity (Wildman–Crippen MR) is 71.4 cm³/mol. The standard InChI is InChI=1S/C15H24O/c1-12(2)7-6-8-14(5)15(11-16)10-9-13(3)4/h7,9,11,15H,5-6,8,10H2,1-4H3. The van der Waals surface area contributed by atoms with E-state index in [1.165, 1.54) is 11.1 Å². The Labute approximate surface area is 99.9 Å². The Balaban J connectivity index is 4.16. The highest BCUT2D eigenvalue weighted by atomic mass is 16.1. The molecular weight excluding hydrogens is 196 g/mol. The fraction of sp³-hybridized carbons (Fsp3) is 0.533. The quantitative estimate of drug-likeness (QED) is 0.457. The molecule has 0 saturated heterocycles. The van der Waals surface area contributed by atoms with E-state index in [-0.39, 0.29) is 5.92 Å². The van der Waals surface area contributed by atoms with Crippen LogP contribution < -0.4 is 0 Å². The maximum atomic E-state index is 11.0. The summed E-state index contributed by atoms with van der Waals surface area (Å²) in [6.07, 6.45) is 7.99. The number of hydrogen-bond donors (Lipinski definition) is 0. The van der Waals surface area contributed by atoms with Crippen molar-refractivity contribution >= 4 is 6.29 Å². The summed E-state index contributed by atoms with van der Waals surface area (Å²) in [4.78, 5) is 11.0. The van der Waals surface area contributed by atoms with Gasteiger partial charge in [0.05, 0.1) is 0 Å². The van der Waals surface area contributed by atoms with Gasteiger partial charge in [0.15, 0.2) is 0 Å². The molecule has 0 aromatic rings. The van der Waals surface area contributed by atoms with E-state index in [1.54, 1.807) is 0 Å². The number of hydrogen-bond acceptors (Lipinski definition) is 1. The Bertz CT molecular complexity index is 287. The zero-order valence-corrected chi connectivity index (χ0v) is 11.0. The minimum absolute atomic E-state index is 0.0135. The SMILES string of the molecule is C=C(CCC=C(C)C)C(C=O)CC=C(C)C. The van der Waals surface area contributed by atoms with E-state index in [4.69, 9.17) is 0 Å². The molecular formula is C15H24O. The van der Waals surface area contributed by atoms with Gasteiger partial charge < -0.3 is 4.79 Å². The van der Waals surface area contributed by atoms with Crippen molar-refractivity contribution in [1.29, 1.82) is 0 Å². The second kappa shape index (κ2) is 8.09.